The molecule has 9 N–H and O–H groups in total. The van der Waals surface area contributed by atoms with Gasteiger partial charge in [0.15, 0.2) is 0 Å². The lowest BCUT2D eigenvalue weighted by Crippen LogP contribution is -2.62. The summed E-state index contributed by atoms with van der Waals surface area (Å²) in [6.07, 6.45) is -0.596. The van der Waals surface area contributed by atoms with Crippen LogP contribution in [0.3, 0.4) is 0 Å². The quantitative estimate of drug-likeness (QED) is 0.0534. The molecule has 1 aliphatic heterocycles. The molecule has 3 aromatic rings. The molecular formula is C53H73N7O11S. The molecule has 0 aliphatic carbocycles. The maximum Gasteiger partial charge on any atom is 0.245 e. The molecule has 4 rings (SSSR count). The number of aliphatic hydroxyl groups excluding tert-OH is 2. The minimum absolute atomic E-state index is 0.0475. The normalized spacial score (nSPS) is 16.3. The Morgan fingerprint density at radius 3 is 1.75 bits per heavy atom. The molecule has 3 aromatic carbocycles. The van der Waals surface area contributed by atoms with Gasteiger partial charge in [0.05, 0.1) is 18.8 Å². The number of aromatic hydroxyl groups is 1. The van der Waals surface area contributed by atoms with E-state index in [-0.39, 0.29) is 67.9 Å². The summed E-state index contributed by atoms with van der Waals surface area (Å²) in [5.74, 6) is -4.39. The number of amides is 7. The Kier molecular flexibility index (Phi) is 23.7. The molecule has 0 aromatic heterocycles. The van der Waals surface area contributed by atoms with Crippen LogP contribution in [0.1, 0.15) is 96.8 Å². The zero-order valence-corrected chi connectivity index (χ0v) is 42.9. The minimum Gasteiger partial charge on any atom is -0.508 e. The van der Waals surface area contributed by atoms with Crippen molar-refractivity contribution >= 4 is 58.2 Å². The van der Waals surface area contributed by atoms with Crippen molar-refractivity contribution in [3.63, 3.8) is 0 Å². The Balaban J connectivity index is 1.50. The highest BCUT2D eigenvalue weighted by Crippen LogP contribution is 2.22. The van der Waals surface area contributed by atoms with Crippen molar-refractivity contribution in [1.82, 2.24) is 36.8 Å². The van der Waals surface area contributed by atoms with Crippen LogP contribution < -0.4 is 31.9 Å². The molecule has 0 bridgehead atoms. The second-order valence-electron chi connectivity index (χ2n) is 19.2. The van der Waals surface area contributed by atoms with Crippen molar-refractivity contribution in [3.8, 4) is 5.75 Å². The van der Waals surface area contributed by atoms with Crippen molar-refractivity contribution in [3.05, 3.63) is 102 Å². The van der Waals surface area contributed by atoms with E-state index in [9.17, 15) is 53.7 Å². The Morgan fingerprint density at radius 1 is 0.625 bits per heavy atom. The Hall–Kier alpha value is -6.31. The van der Waals surface area contributed by atoms with Gasteiger partial charge in [0.2, 0.25) is 46.5 Å². The number of nitrogens with zero attached hydrogens (tertiary/aromatic N) is 1. The fourth-order valence-corrected chi connectivity index (χ4v) is 8.87. The van der Waals surface area contributed by atoms with Crippen LogP contribution in [0, 0.1) is 11.8 Å². The predicted molar refractivity (Wildman–Crippen MR) is 274 cm³/mol. The third kappa shape index (κ3) is 19.4. The highest BCUT2D eigenvalue weighted by atomic mass is 32.2. The lowest BCUT2D eigenvalue weighted by atomic mass is 9.99. The van der Waals surface area contributed by atoms with Crippen molar-refractivity contribution in [2.75, 3.05) is 13.1 Å². The molecule has 1 heterocycles. The highest BCUT2D eigenvalue weighted by Gasteiger charge is 2.41. The van der Waals surface area contributed by atoms with E-state index in [4.69, 9.17) is 0 Å². The van der Waals surface area contributed by atoms with Gasteiger partial charge in [-0.2, -0.15) is 0 Å². The van der Waals surface area contributed by atoms with Crippen molar-refractivity contribution < 1.29 is 53.7 Å². The first-order chi connectivity index (χ1) is 34.2. The summed E-state index contributed by atoms with van der Waals surface area (Å²) in [5, 5.41) is 47.0. The molecule has 0 unspecified atom stereocenters. The van der Waals surface area contributed by atoms with Crippen LogP contribution >= 0.6 is 11.8 Å². The zero-order chi connectivity index (χ0) is 52.9. The van der Waals surface area contributed by atoms with Crippen molar-refractivity contribution in [2.24, 2.45) is 11.8 Å². The first kappa shape index (κ1) is 58.3. The largest absolute Gasteiger partial charge is 0.508 e. The summed E-state index contributed by atoms with van der Waals surface area (Å²) in [7, 11) is 0. The summed E-state index contributed by atoms with van der Waals surface area (Å²) in [6.45, 7) is 10.1. The molecule has 1 fully saturated rings. The smallest absolute Gasteiger partial charge is 0.245 e. The summed E-state index contributed by atoms with van der Waals surface area (Å²) in [4.78, 5) is 111. The summed E-state index contributed by atoms with van der Waals surface area (Å²) in [5.41, 5.74) is 2.16. The fraction of sp³-hybridized carbons (Fsp3) is 0.509. The SMILES string of the molecule is CC(C)CCCC(=O)N[C@@H](Cc1ccccc1)C(=O)N[C@@H](C(=O)N[C@@H](Cc1ccc(O)cc1)C(=O)N[C@H](CC(C)C)C(=O)N1CCC[C@H]1C(=O)N[C@H](C(=O)NCC(=O)SCc1ccccc1)[C@@H](C)O)[C@H](C)O. The zero-order valence-electron chi connectivity index (χ0n) is 42.1. The van der Waals surface area contributed by atoms with Gasteiger partial charge in [0, 0.05) is 31.6 Å². The number of carbonyl (C=O) groups is 8. The molecule has 72 heavy (non-hydrogen) atoms. The number of hydrogen-bond acceptors (Lipinski definition) is 12. The molecule has 1 saturated heterocycles. The van der Waals surface area contributed by atoms with Gasteiger partial charge in [0.25, 0.3) is 0 Å². The molecule has 19 heteroatoms. The average Bonchev–Trinajstić information content (AvgIpc) is 3.84. The molecule has 7 amide bonds. The number of phenolic OH excluding ortho intramolecular Hbond substituents is 1. The third-order valence-corrected chi connectivity index (χ3v) is 13.0. The van der Waals surface area contributed by atoms with Gasteiger partial charge in [0.1, 0.15) is 42.0 Å². The molecule has 0 radical (unpaired) electrons. The lowest BCUT2D eigenvalue weighted by Gasteiger charge is -2.32. The van der Waals surface area contributed by atoms with E-state index >= 15 is 0 Å². The van der Waals surface area contributed by atoms with Gasteiger partial charge in [-0.1, -0.05) is 119 Å². The second kappa shape index (κ2) is 29.3. The predicted octanol–water partition coefficient (Wildman–Crippen LogP) is 2.80. The van der Waals surface area contributed by atoms with Crippen LogP contribution in [0.2, 0.25) is 0 Å². The topological polar surface area (TPSA) is 273 Å². The lowest BCUT2D eigenvalue weighted by molar-refractivity contribution is -0.143. The standard InChI is InChI=1S/C53H73N7O11S/c1-32(2)15-13-21-44(64)55-40(28-36-16-9-7-10-17-36)49(67)58-47(35(6)62)52(70)56-41(29-37-22-24-39(63)25-23-37)48(66)57-42(27-33(3)4)53(71)60-26-14-20-43(60)50(68)59-46(34(5)61)51(69)54-30-45(65)72-31-38-18-11-8-12-19-38/h7-12,16-19,22-25,32-35,40-43,46-47,61-63H,13-15,20-21,26-31H2,1-6H3,(H,54,69)(H,55,64)(H,56,70)(H,57,66)(H,58,67)(H,59,68)/t34-,35+,40+,41+,42-,43+,46+,47-/m1/s1. The van der Waals surface area contributed by atoms with E-state index in [0.717, 1.165) is 29.3 Å². The van der Waals surface area contributed by atoms with Crippen LogP contribution in [-0.2, 0) is 57.0 Å². The number of aliphatic hydroxyl groups is 2. The Bertz CT molecular complexity index is 2260. The van der Waals surface area contributed by atoms with Gasteiger partial charge < -0.3 is 52.1 Å². The first-order valence-corrected chi connectivity index (χ1v) is 25.7. The maximum absolute atomic E-state index is 14.5. The van der Waals surface area contributed by atoms with E-state index in [1.54, 1.807) is 36.4 Å². The number of nitrogens with one attached hydrogen (secondary N) is 6. The van der Waals surface area contributed by atoms with E-state index in [2.05, 4.69) is 31.9 Å². The average molecular weight is 1020 g/mol. The molecule has 1 aliphatic rings. The highest BCUT2D eigenvalue weighted by molar-refractivity contribution is 8.13. The van der Waals surface area contributed by atoms with Gasteiger partial charge in [-0.15, -0.1) is 0 Å². The molecule has 8 atom stereocenters. The van der Waals surface area contributed by atoms with Gasteiger partial charge in [-0.3, -0.25) is 38.4 Å². The molecule has 0 spiro atoms. The summed E-state index contributed by atoms with van der Waals surface area (Å²) >= 11 is 1.01. The molecule has 18 nitrogen and oxygen atoms in total. The molecular weight excluding hydrogens is 943 g/mol. The third-order valence-electron chi connectivity index (χ3n) is 12.1. The number of carbonyl (C=O) groups excluding carboxylic acids is 8. The summed E-state index contributed by atoms with van der Waals surface area (Å²) in [6, 6.07) is 16.3. The number of likely N-dealkylation sites (tertiary alicyclic amines) is 1. The number of hydrogen-bond donors (Lipinski definition) is 9. The number of thioether (sulfide) groups is 1. The van der Waals surface area contributed by atoms with Gasteiger partial charge in [-0.25, -0.2) is 0 Å². The summed E-state index contributed by atoms with van der Waals surface area (Å²) < 4.78 is 0. The minimum atomic E-state index is -1.60. The van der Waals surface area contributed by atoms with Crippen LogP contribution in [0.5, 0.6) is 5.75 Å². The number of benzene rings is 3. The van der Waals surface area contributed by atoms with Crippen LogP contribution in [0.25, 0.3) is 0 Å². The van der Waals surface area contributed by atoms with Crippen molar-refractivity contribution in [2.45, 2.75) is 147 Å². The monoisotopic (exact) mass is 1020 g/mol. The number of phenols is 1. The van der Waals surface area contributed by atoms with Gasteiger partial charge in [-0.05, 0) is 80.2 Å². The van der Waals surface area contributed by atoms with Crippen LogP contribution in [0.4, 0.5) is 0 Å². The second-order valence-corrected chi connectivity index (χ2v) is 20.3. The van der Waals surface area contributed by atoms with E-state index in [0.29, 0.717) is 30.1 Å². The van der Waals surface area contributed by atoms with E-state index in [1.165, 1.54) is 30.9 Å². The molecule has 392 valence electrons. The van der Waals surface area contributed by atoms with E-state index < -0.39 is 83.9 Å². The van der Waals surface area contributed by atoms with Crippen molar-refractivity contribution in [1.29, 1.82) is 0 Å². The molecule has 0 saturated carbocycles. The fourth-order valence-electron chi connectivity index (χ4n) is 8.18. The van der Waals surface area contributed by atoms with E-state index in [1.807, 2.05) is 64.1 Å². The number of rotatable bonds is 27. The first-order valence-electron chi connectivity index (χ1n) is 24.7. The van der Waals surface area contributed by atoms with Crippen LogP contribution in [-0.4, -0.2) is 128 Å². The Labute approximate surface area is 426 Å². The van der Waals surface area contributed by atoms with Crippen LogP contribution in [0.15, 0.2) is 84.9 Å². The van der Waals surface area contributed by atoms with Gasteiger partial charge >= 0.3 is 0 Å². The Morgan fingerprint density at radius 2 is 1.17 bits per heavy atom. The maximum atomic E-state index is 14.5.